The number of hydrogen-bond donors (Lipinski definition) is 2. The van der Waals surface area contributed by atoms with E-state index in [0.717, 1.165) is 0 Å². The Morgan fingerprint density at radius 3 is 2.38 bits per heavy atom. The van der Waals surface area contributed by atoms with E-state index in [-0.39, 0.29) is 5.91 Å². The van der Waals surface area contributed by atoms with Crippen LogP contribution in [0.2, 0.25) is 5.02 Å². The Morgan fingerprint density at radius 1 is 1.12 bits per heavy atom. The second-order valence-corrected chi connectivity index (χ2v) is 5.63. The molecule has 1 amide bonds. The Morgan fingerprint density at radius 2 is 1.77 bits per heavy atom. The van der Waals surface area contributed by atoms with E-state index in [1.165, 1.54) is 7.11 Å². The molecule has 0 spiro atoms. The fourth-order valence-corrected chi connectivity index (χ4v) is 2.14. The SMILES string of the molecule is COc1cc(/C(C)=N\NC(=O)c2ccc(Cl)cc2)ccc1OCC(=O)O. The third-order valence-corrected chi connectivity index (χ3v) is 3.62. The van der Waals surface area contributed by atoms with Crippen LogP contribution in [0.5, 0.6) is 11.5 Å². The van der Waals surface area contributed by atoms with Crippen molar-refractivity contribution in [2.75, 3.05) is 13.7 Å². The van der Waals surface area contributed by atoms with Gasteiger partial charge >= 0.3 is 5.97 Å². The zero-order chi connectivity index (χ0) is 19.1. The molecule has 0 aromatic heterocycles. The first-order chi connectivity index (χ1) is 12.4. The highest BCUT2D eigenvalue weighted by atomic mass is 35.5. The van der Waals surface area contributed by atoms with Crippen LogP contribution >= 0.6 is 11.6 Å². The maximum atomic E-state index is 12.1. The summed E-state index contributed by atoms with van der Waals surface area (Å²) in [6.45, 7) is 1.24. The third-order valence-electron chi connectivity index (χ3n) is 3.36. The number of ether oxygens (including phenoxy) is 2. The van der Waals surface area contributed by atoms with Crippen LogP contribution in [-0.4, -0.2) is 36.4 Å². The fraction of sp³-hybridized carbons (Fsp3) is 0.167. The summed E-state index contributed by atoms with van der Waals surface area (Å²) in [5.41, 5.74) is 4.12. The topological polar surface area (TPSA) is 97.2 Å². The highest BCUT2D eigenvalue weighted by Crippen LogP contribution is 2.28. The summed E-state index contributed by atoms with van der Waals surface area (Å²) in [5.74, 6) is -0.785. The summed E-state index contributed by atoms with van der Waals surface area (Å²) >= 11 is 5.79. The number of amides is 1. The number of hydrazone groups is 1. The number of rotatable bonds is 7. The van der Waals surface area contributed by atoms with Gasteiger partial charge in [0.05, 0.1) is 12.8 Å². The zero-order valence-corrected chi connectivity index (χ0v) is 14.9. The molecule has 2 aromatic rings. The number of nitrogens with one attached hydrogen (secondary N) is 1. The second-order valence-electron chi connectivity index (χ2n) is 5.19. The van der Waals surface area contributed by atoms with Crippen LogP contribution < -0.4 is 14.9 Å². The minimum atomic E-state index is -1.08. The van der Waals surface area contributed by atoms with E-state index in [1.54, 1.807) is 49.4 Å². The van der Waals surface area contributed by atoms with Crippen LogP contribution in [0, 0.1) is 0 Å². The lowest BCUT2D eigenvalue weighted by Crippen LogP contribution is -2.19. The van der Waals surface area contributed by atoms with Gasteiger partial charge in [0.25, 0.3) is 5.91 Å². The molecule has 0 aliphatic rings. The minimum absolute atomic E-state index is 0.302. The van der Waals surface area contributed by atoms with Crippen molar-refractivity contribution in [3.8, 4) is 11.5 Å². The van der Waals surface area contributed by atoms with Gasteiger partial charge in [0.1, 0.15) is 0 Å². The number of carbonyl (C=O) groups excluding carboxylic acids is 1. The number of hydrogen-bond acceptors (Lipinski definition) is 5. The quantitative estimate of drug-likeness (QED) is 0.572. The van der Waals surface area contributed by atoms with Crippen LogP contribution in [0.25, 0.3) is 0 Å². The molecule has 2 N–H and O–H groups in total. The normalized spacial score (nSPS) is 11.0. The molecule has 0 heterocycles. The first-order valence-electron chi connectivity index (χ1n) is 7.54. The predicted octanol–water partition coefficient (Wildman–Crippen LogP) is 2.97. The van der Waals surface area contributed by atoms with E-state index in [2.05, 4.69) is 10.5 Å². The molecular formula is C18H17ClN2O5. The summed E-state index contributed by atoms with van der Waals surface area (Å²) in [6, 6.07) is 11.3. The molecule has 0 radical (unpaired) electrons. The van der Waals surface area contributed by atoms with Gasteiger partial charge in [-0.05, 0) is 49.4 Å². The lowest BCUT2D eigenvalue weighted by molar-refractivity contribution is -0.139. The number of methoxy groups -OCH3 is 1. The van der Waals surface area contributed by atoms with E-state index in [1.807, 2.05) is 0 Å². The molecule has 0 fully saturated rings. The van der Waals surface area contributed by atoms with Crippen molar-refractivity contribution in [3.63, 3.8) is 0 Å². The number of aliphatic carboxylic acids is 1. The molecule has 8 heteroatoms. The molecule has 0 aliphatic carbocycles. The first-order valence-corrected chi connectivity index (χ1v) is 7.91. The predicted molar refractivity (Wildman–Crippen MR) is 97.3 cm³/mol. The average Bonchev–Trinajstić information content (AvgIpc) is 2.64. The zero-order valence-electron chi connectivity index (χ0n) is 14.2. The monoisotopic (exact) mass is 376 g/mol. The van der Waals surface area contributed by atoms with Crippen LogP contribution in [0.4, 0.5) is 0 Å². The summed E-state index contributed by atoms with van der Waals surface area (Å²) < 4.78 is 10.3. The Bertz CT molecular complexity index is 834. The van der Waals surface area contributed by atoms with Crippen molar-refractivity contribution in [2.45, 2.75) is 6.92 Å². The molecule has 0 atom stereocenters. The van der Waals surface area contributed by atoms with Gasteiger partial charge in [-0.3, -0.25) is 4.79 Å². The molecule has 136 valence electrons. The smallest absolute Gasteiger partial charge is 0.341 e. The molecule has 2 aromatic carbocycles. The Labute approximate surface area is 155 Å². The largest absolute Gasteiger partial charge is 0.493 e. The van der Waals surface area contributed by atoms with E-state index in [4.69, 9.17) is 26.2 Å². The van der Waals surface area contributed by atoms with Gasteiger partial charge in [-0.25, -0.2) is 10.2 Å². The standard InChI is InChI=1S/C18H17ClN2O5/c1-11(20-21-18(24)12-3-6-14(19)7-4-12)13-5-8-15(16(9-13)25-2)26-10-17(22)23/h3-9H,10H2,1-2H3,(H,21,24)(H,22,23)/b20-11-. The lowest BCUT2D eigenvalue weighted by atomic mass is 10.1. The van der Waals surface area contributed by atoms with Crippen molar-refractivity contribution in [1.29, 1.82) is 0 Å². The molecule has 0 aliphatic heterocycles. The van der Waals surface area contributed by atoms with Crippen molar-refractivity contribution in [2.24, 2.45) is 5.10 Å². The molecule has 0 bridgehead atoms. The van der Waals surface area contributed by atoms with Gasteiger partial charge in [0.2, 0.25) is 0 Å². The van der Waals surface area contributed by atoms with Gasteiger partial charge in [-0.2, -0.15) is 5.10 Å². The Balaban J connectivity index is 2.11. The molecule has 2 rings (SSSR count). The van der Waals surface area contributed by atoms with Crippen LogP contribution in [0.15, 0.2) is 47.6 Å². The lowest BCUT2D eigenvalue weighted by Gasteiger charge is -2.11. The summed E-state index contributed by atoms with van der Waals surface area (Å²) in [6.07, 6.45) is 0. The first kappa shape index (κ1) is 19.3. The molecule has 0 unspecified atom stereocenters. The Kier molecular flexibility index (Phi) is 6.57. The molecular weight excluding hydrogens is 360 g/mol. The average molecular weight is 377 g/mol. The van der Waals surface area contributed by atoms with Crippen LogP contribution in [0.1, 0.15) is 22.8 Å². The van der Waals surface area contributed by atoms with Crippen molar-refractivity contribution < 1.29 is 24.2 Å². The van der Waals surface area contributed by atoms with Crippen molar-refractivity contribution >= 4 is 29.2 Å². The number of carboxylic acids is 1. The third kappa shape index (κ3) is 5.22. The molecule has 26 heavy (non-hydrogen) atoms. The van der Waals surface area contributed by atoms with E-state index >= 15 is 0 Å². The molecule has 7 nitrogen and oxygen atoms in total. The summed E-state index contributed by atoms with van der Waals surface area (Å²) in [5, 5.41) is 13.3. The number of benzene rings is 2. The van der Waals surface area contributed by atoms with E-state index in [9.17, 15) is 9.59 Å². The minimum Gasteiger partial charge on any atom is -0.493 e. The van der Waals surface area contributed by atoms with Gasteiger partial charge in [0.15, 0.2) is 18.1 Å². The maximum absolute atomic E-state index is 12.1. The number of halogens is 1. The second kappa shape index (κ2) is 8.87. The van der Waals surface area contributed by atoms with Gasteiger partial charge in [-0.1, -0.05) is 11.6 Å². The molecule has 0 saturated carbocycles. The van der Waals surface area contributed by atoms with Crippen LogP contribution in [-0.2, 0) is 4.79 Å². The number of carbonyl (C=O) groups is 2. The Hall–Kier alpha value is -3.06. The van der Waals surface area contributed by atoms with E-state index in [0.29, 0.717) is 33.4 Å². The number of carboxylic acid groups (broad SMARTS) is 1. The summed E-state index contributed by atoms with van der Waals surface area (Å²) in [4.78, 5) is 22.7. The summed E-state index contributed by atoms with van der Waals surface area (Å²) in [7, 11) is 1.45. The van der Waals surface area contributed by atoms with Gasteiger partial charge in [0, 0.05) is 16.1 Å². The van der Waals surface area contributed by atoms with Gasteiger partial charge in [-0.15, -0.1) is 0 Å². The van der Waals surface area contributed by atoms with Crippen molar-refractivity contribution in [3.05, 3.63) is 58.6 Å². The van der Waals surface area contributed by atoms with Crippen molar-refractivity contribution in [1.82, 2.24) is 5.43 Å². The molecule has 0 saturated heterocycles. The van der Waals surface area contributed by atoms with Gasteiger partial charge < -0.3 is 14.6 Å². The fourth-order valence-electron chi connectivity index (χ4n) is 2.02. The maximum Gasteiger partial charge on any atom is 0.341 e. The van der Waals surface area contributed by atoms with E-state index < -0.39 is 12.6 Å². The number of nitrogens with zero attached hydrogens (tertiary/aromatic N) is 1. The highest BCUT2D eigenvalue weighted by molar-refractivity contribution is 6.30. The highest BCUT2D eigenvalue weighted by Gasteiger charge is 2.10. The van der Waals surface area contributed by atoms with Crippen LogP contribution in [0.3, 0.4) is 0 Å².